The molecule has 0 unspecified atom stereocenters. The van der Waals surface area contributed by atoms with Crippen molar-refractivity contribution >= 4 is 49.9 Å². The summed E-state index contributed by atoms with van der Waals surface area (Å²) in [6, 6.07) is 8.77. The molecule has 182 valence electrons. The first-order valence-electron chi connectivity index (χ1n) is 9.57. The van der Waals surface area contributed by atoms with Crippen LogP contribution in [0.15, 0.2) is 63.8 Å². The Morgan fingerprint density at radius 3 is 2.60 bits per heavy atom. The highest BCUT2D eigenvalue weighted by Crippen LogP contribution is 2.29. The van der Waals surface area contributed by atoms with E-state index in [0.717, 1.165) is 36.5 Å². The summed E-state index contributed by atoms with van der Waals surface area (Å²) in [5.41, 5.74) is 0.291. The van der Waals surface area contributed by atoms with Gasteiger partial charge in [-0.2, -0.15) is 0 Å². The standard InChI is InChI=1S/C21H17N3O9S2/c1-32-17-10-13(2-8-16(17)25)3-9-19(27)33-12-18(26)23-21-22-11-20(34-21)35(30,31)15-6-4-14(5-7-15)24(28)29/h2-11,25H,12H2,1H3,(H,22,23,26). The highest BCUT2D eigenvalue weighted by Gasteiger charge is 2.22. The normalized spacial score (nSPS) is 11.2. The fourth-order valence-corrected chi connectivity index (χ4v) is 5.06. The zero-order valence-corrected chi connectivity index (χ0v) is 19.5. The Bertz CT molecular complexity index is 1400. The van der Waals surface area contributed by atoms with Crippen LogP contribution in [0.25, 0.3) is 6.08 Å². The average Bonchev–Trinajstić information content (AvgIpc) is 3.31. The highest BCUT2D eigenvalue weighted by atomic mass is 32.2. The summed E-state index contributed by atoms with van der Waals surface area (Å²) in [5, 5.41) is 22.6. The van der Waals surface area contributed by atoms with Crippen molar-refractivity contribution in [2.75, 3.05) is 19.0 Å². The quantitative estimate of drug-likeness (QED) is 0.185. The van der Waals surface area contributed by atoms with Crippen LogP contribution in [0.1, 0.15) is 5.56 Å². The molecule has 0 saturated carbocycles. The lowest BCUT2D eigenvalue weighted by Gasteiger charge is -2.04. The Kier molecular flexibility index (Phi) is 7.78. The zero-order valence-electron chi connectivity index (χ0n) is 17.9. The lowest BCUT2D eigenvalue weighted by Crippen LogP contribution is -2.19. The van der Waals surface area contributed by atoms with Crippen LogP contribution in [0.2, 0.25) is 0 Å². The number of carbonyl (C=O) groups is 2. The second-order valence-corrected chi connectivity index (χ2v) is 9.87. The topological polar surface area (TPSA) is 175 Å². The first kappa shape index (κ1) is 25.3. The number of phenols is 1. The van der Waals surface area contributed by atoms with E-state index >= 15 is 0 Å². The van der Waals surface area contributed by atoms with E-state index in [1.807, 2.05) is 0 Å². The van der Waals surface area contributed by atoms with E-state index in [9.17, 15) is 33.2 Å². The summed E-state index contributed by atoms with van der Waals surface area (Å²) >= 11 is 0.668. The number of nitrogens with zero attached hydrogens (tertiary/aromatic N) is 2. The molecule has 0 radical (unpaired) electrons. The number of non-ortho nitro benzene ring substituents is 1. The van der Waals surface area contributed by atoms with E-state index in [4.69, 9.17) is 9.47 Å². The fraction of sp³-hybridized carbons (Fsp3) is 0.0952. The summed E-state index contributed by atoms with van der Waals surface area (Å²) < 4.78 is 34.9. The summed E-state index contributed by atoms with van der Waals surface area (Å²) in [4.78, 5) is 37.6. The number of nitro groups is 1. The molecule has 0 aliphatic carbocycles. The van der Waals surface area contributed by atoms with Gasteiger partial charge in [-0.3, -0.25) is 20.2 Å². The predicted molar refractivity (Wildman–Crippen MR) is 124 cm³/mol. The number of carbonyl (C=O) groups excluding carboxylic acids is 2. The van der Waals surface area contributed by atoms with Crippen LogP contribution in [-0.4, -0.2) is 49.0 Å². The molecule has 2 N–H and O–H groups in total. The molecule has 1 aromatic heterocycles. The Labute approximate surface area is 202 Å². The first-order chi connectivity index (χ1) is 16.6. The number of sulfone groups is 1. The number of amides is 1. The monoisotopic (exact) mass is 519 g/mol. The van der Waals surface area contributed by atoms with Gasteiger partial charge in [-0.1, -0.05) is 17.4 Å². The Morgan fingerprint density at radius 2 is 1.94 bits per heavy atom. The molecule has 0 bridgehead atoms. The second-order valence-electron chi connectivity index (χ2n) is 6.66. The highest BCUT2D eigenvalue weighted by molar-refractivity contribution is 7.93. The molecule has 0 spiro atoms. The molecule has 3 rings (SSSR count). The van der Waals surface area contributed by atoms with Crippen molar-refractivity contribution in [1.29, 1.82) is 0 Å². The summed E-state index contributed by atoms with van der Waals surface area (Å²) in [5.74, 6) is -1.40. The largest absolute Gasteiger partial charge is 0.504 e. The molecule has 0 aliphatic heterocycles. The fourth-order valence-electron chi connectivity index (χ4n) is 2.61. The first-order valence-corrected chi connectivity index (χ1v) is 11.9. The maximum absolute atomic E-state index is 12.7. The van der Waals surface area contributed by atoms with Crippen molar-refractivity contribution in [3.8, 4) is 11.5 Å². The smallest absolute Gasteiger partial charge is 0.331 e. The van der Waals surface area contributed by atoms with Crippen LogP contribution < -0.4 is 10.1 Å². The molecule has 0 fully saturated rings. The number of anilines is 1. The number of thiazole rings is 1. The van der Waals surface area contributed by atoms with E-state index in [1.165, 1.54) is 25.3 Å². The molecular formula is C21H17N3O9S2. The van der Waals surface area contributed by atoms with Crippen LogP contribution in [0, 0.1) is 10.1 Å². The second kappa shape index (κ2) is 10.8. The number of hydrogen-bond donors (Lipinski definition) is 2. The van der Waals surface area contributed by atoms with Crippen molar-refractivity contribution in [2.24, 2.45) is 0 Å². The number of nitro benzene ring substituents is 1. The molecule has 14 heteroatoms. The number of benzene rings is 2. The zero-order chi connectivity index (χ0) is 25.6. The number of aromatic nitrogens is 1. The van der Waals surface area contributed by atoms with Crippen molar-refractivity contribution in [1.82, 2.24) is 4.98 Å². The minimum Gasteiger partial charge on any atom is -0.504 e. The van der Waals surface area contributed by atoms with E-state index in [-0.39, 0.29) is 31.4 Å². The average molecular weight is 520 g/mol. The summed E-state index contributed by atoms with van der Waals surface area (Å²) in [6.45, 7) is -0.647. The van der Waals surface area contributed by atoms with Gasteiger partial charge in [0.1, 0.15) is 4.21 Å². The lowest BCUT2D eigenvalue weighted by molar-refractivity contribution is -0.384. The van der Waals surface area contributed by atoms with Crippen molar-refractivity contribution in [3.63, 3.8) is 0 Å². The lowest BCUT2D eigenvalue weighted by atomic mass is 10.2. The molecule has 0 atom stereocenters. The van der Waals surface area contributed by atoms with E-state index < -0.39 is 33.2 Å². The SMILES string of the molecule is COc1cc(C=CC(=O)OCC(=O)Nc2ncc(S(=O)(=O)c3ccc([N+](=O)[O-])cc3)s2)ccc1O. The Balaban J connectivity index is 1.56. The molecule has 1 amide bonds. The summed E-state index contributed by atoms with van der Waals surface area (Å²) in [7, 11) is -2.62. The van der Waals surface area contributed by atoms with Gasteiger partial charge >= 0.3 is 5.97 Å². The minimum atomic E-state index is -4.00. The van der Waals surface area contributed by atoms with Gasteiger partial charge in [-0.25, -0.2) is 18.2 Å². The van der Waals surface area contributed by atoms with Crippen LogP contribution in [0.5, 0.6) is 11.5 Å². The third-order valence-corrected chi connectivity index (χ3v) is 7.46. The molecule has 35 heavy (non-hydrogen) atoms. The van der Waals surface area contributed by atoms with Gasteiger partial charge in [0.05, 0.1) is 23.1 Å². The van der Waals surface area contributed by atoms with E-state index in [0.29, 0.717) is 16.9 Å². The number of esters is 1. The third-order valence-electron chi connectivity index (χ3n) is 4.31. The molecule has 0 aliphatic rings. The maximum atomic E-state index is 12.7. The van der Waals surface area contributed by atoms with E-state index in [2.05, 4.69) is 10.3 Å². The number of rotatable bonds is 9. The van der Waals surface area contributed by atoms with Gasteiger partial charge in [-0.05, 0) is 35.9 Å². The maximum Gasteiger partial charge on any atom is 0.331 e. The molecule has 0 saturated heterocycles. The Hall–Kier alpha value is -4.30. The van der Waals surface area contributed by atoms with Crippen LogP contribution >= 0.6 is 11.3 Å². The Morgan fingerprint density at radius 1 is 1.23 bits per heavy atom. The number of hydrogen-bond acceptors (Lipinski definition) is 11. The number of phenolic OH excluding ortho intramolecular Hbond substituents is 1. The molecule has 1 heterocycles. The van der Waals surface area contributed by atoms with Crippen LogP contribution in [0.4, 0.5) is 10.8 Å². The van der Waals surface area contributed by atoms with Crippen LogP contribution in [-0.2, 0) is 24.2 Å². The van der Waals surface area contributed by atoms with Crippen LogP contribution in [0.3, 0.4) is 0 Å². The predicted octanol–water partition coefficient (Wildman–Crippen LogP) is 2.79. The van der Waals surface area contributed by atoms with Gasteiger partial charge in [0.2, 0.25) is 9.84 Å². The number of aromatic hydroxyl groups is 1. The molecule has 3 aromatic rings. The molecular weight excluding hydrogens is 502 g/mol. The van der Waals surface area contributed by atoms with Gasteiger partial charge in [0, 0.05) is 18.2 Å². The third kappa shape index (κ3) is 6.39. The van der Waals surface area contributed by atoms with Gasteiger partial charge in [0.25, 0.3) is 11.6 Å². The number of nitrogens with one attached hydrogen (secondary N) is 1. The van der Waals surface area contributed by atoms with Crippen molar-refractivity contribution in [2.45, 2.75) is 9.10 Å². The number of ether oxygens (including phenoxy) is 2. The van der Waals surface area contributed by atoms with Crippen molar-refractivity contribution in [3.05, 3.63) is 70.4 Å². The van der Waals surface area contributed by atoms with E-state index in [1.54, 1.807) is 6.07 Å². The molecule has 12 nitrogen and oxygen atoms in total. The van der Waals surface area contributed by atoms with Gasteiger partial charge in [0.15, 0.2) is 23.2 Å². The summed E-state index contributed by atoms with van der Waals surface area (Å²) in [6.07, 6.45) is 3.52. The minimum absolute atomic E-state index is 0.0433. The number of methoxy groups -OCH3 is 1. The van der Waals surface area contributed by atoms with Crippen molar-refractivity contribution < 1.29 is 37.5 Å². The van der Waals surface area contributed by atoms with Gasteiger partial charge in [-0.15, -0.1) is 0 Å². The van der Waals surface area contributed by atoms with Gasteiger partial charge < -0.3 is 14.6 Å². The molecule has 2 aromatic carbocycles.